The number of sulfonamides is 1. The zero-order valence-electron chi connectivity index (χ0n) is 17.3. The number of nitrogens with zero attached hydrogens (tertiary/aromatic N) is 1. The molecular formula is C23H29ClN2O3S. The van der Waals surface area contributed by atoms with Gasteiger partial charge in [-0.15, -0.1) is 0 Å². The lowest BCUT2D eigenvalue weighted by molar-refractivity contribution is -0.126. The first-order chi connectivity index (χ1) is 14.3. The molecular weight excluding hydrogens is 420 g/mol. The Balaban J connectivity index is 1.44. The predicted octanol–water partition coefficient (Wildman–Crippen LogP) is 4.02. The lowest BCUT2D eigenvalue weighted by atomic mass is 9.96. The van der Waals surface area contributed by atoms with E-state index >= 15 is 0 Å². The monoisotopic (exact) mass is 448 g/mol. The van der Waals surface area contributed by atoms with E-state index in [2.05, 4.69) is 17.4 Å². The van der Waals surface area contributed by atoms with E-state index in [0.29, 0.717) is 36.5 Å². The van der Waals surface area contributed by atoms with Crippen molar-refractivity contribution in [2.75, 3.05) is 13.1 Å². The summed E-state index contributed by atoms with van der Waals surface area (Å²) in [5.74, 6) is -0.145. The molecule has 0 saturated carbocycles. The number of hydrogen-bond donors (Lipinski definition) is 1. The van der Waals surface area contributed by atoms with Gasteiger partial charge in [0.2, 0.25) is 15.9 Å². The zero-order chi connectivity index (χ0) is 21.6. The Hall–Kier alpha value is -1.89. The van der Waals surface area contributed by atoms with Gasteiger partial charge in [0.1, 0.15) is 0 Å². The van der Waals surface area contributed by atoms with E-state index in [1.807, 2.05) is 25.1 Å². The second kappa shape index (κ2) is 10.4. The summed E-state index contributed by atoms with van der Waals surface area (Å²) in [6, 6.07) is 17.2. The smallest absolute Gasteiger partial charge is 0.223 e. The van der Waals surface area contributed by atoms with Crippen LogP contribution in [0.5, 0.6) is 0 Å². The van der Waals surface area contributed by atoms with Crippen LogP contribution in [0.25, 0.3) is 0 Å². The van der Waals surface area contributed by atoms with Crippen LogP contribution in [0.4, 0.5) is 0 Å². The summed E-state index contributed by atoms with van der Waals surface area (Å²) in [5, 5.41) is 3.68. The Labute approximate surface area is 184 Å². The van der Waals surface area contributed by atoms with Crippen molar-refractivity contribution in [2.45, 2.75) is 44.4 Å². The van der Waals surface area contributed by atoms with Gasteiger partial charge >= 0.3 is 0 Å². The number of amides is 1. The topological polar surface area (TPSA) is 66.5 Å². The molecule has 2 aromatic carbocycles. The lowest BCUT2D eigenvalue weighted by Crippen LogP contribution is -2.45. The van der Waals surface area contributed by atoms with Crippen molar-refractivity contribution in [1.29, 1.82) is 0 Å². The van der Waals surface area contributed by atoms with E-state index in [1.165, 1.54) is 9.87 Å². The molecule has 0 unspecified atom stereocenters. The molecule has 1 aliphatic rings. The fourth-order valence-electron chi connectivity index (χ4n) is 3.74. The van der Waals surface area contributed by atoms with E-state index in [9.17, 15) is 13.2 Å². The van der Waals surface area contributed by atoms with Crippen molar-refractivity contribution in [3.05, 3.63) is 70.7 Å². The number of piperidine rings is 1. The summed E-state index contributed by atoms with van der Waals surface area (Å²) in [4.78, 5) is 12.6. The Morgan fingerprint density at radius 3 is 2.33 bits per heavy atom. The molecule has 2 aromatic rings. The number of carbonyl (C=O) groups is 1. The first-order valence-electron chi connectivity index (χ1n) is 10.4. The summed E-state index contributed by atoms with van der Waals surface area (Å²) in [6.07, 6.45) is 2.90. The molecule has 1 amide bonds. The van der Waals surface area contributed by atoms with Crippen molar-refractivity contribution in [3.8, 4) is 0 Å². The number of halogens is 1. The van der Waals surface area contributed by atoms with E-state index in [4.69, 9.17) is 11.6 Å². The van der Waals surface area contributed by atoms with Gasteiger partial charge in [0.25, 0.3) is 0 Å². The largest absolute Gasteiger partial charge is 0.353 e. The normalized spacial score (nSPS) is 16.9. The lowest BCUT2D eigenvalue weighted by Gasteiger charge is -2.31. The maximum absolute atomic E-state index is 12.7. The minimum Gasteiger partial charge on any atom is -0.353 e. The van der Waals surface area contributed by atoms with Crippen molar-refractivity contribution in [2.24, 2.45) is 5.92 Å². The Kier molecular flexibility index (Phi) is 7.92. The number of rotatable bonds is 8. The van der Waals surface area contributed by atoms with Gasteiger partial charge < -0.3 is 5.32 Å². The molecule has 1 fully saturated rings. The van der Waals surface area contributed by atoms with Crippen LogP contribution >= 0.6 is 11.6 Å². The van der Waals surface area contributed by atoms with Crippen LogP contribution in [0.15, 0.2) is 54.6 Å². The first-order valence-corrected chi connectivity index (χ1v) is 12.4. The second-order valence-corrected chi connectivity index (χ2v) is 10.4. The highest BCUT2D eigenvalue weighted by molar-refractivity contribution is 7.88. The summed E-state index contributed by atoms with van der Waals surface area (Å²) < 4.78 is 26.9. The fourth-order valence-corrected chi connectivity index (χ4v) is 5.43. The second-order valence-electron chi connectivity index (χ2n) is 7.99. The van der Waals surface area contributed by atoms with Crippen LogP contribution < -0.4 is 5.32 Å². The van der Waals surface area contributed by atoms with Crippen LogP contribution in [0, 0.1) is 5.92 Å². The van der Waals surface area contributed by atoms with Gasteiger partial charge in [-0.2, -0.15) is 0 Å². The zero-order valence-corrected chi connectivity index (χ0v) is 18.8. The van der Waals surface area contributed by atoms with Crippen molar-refractivity contribution in [1.82, 2.24) is 9.62 Å². The van der Waals surface area contributed by atoms with Crippen LogP contribution in [-0.4, -0.2) is 37.8 Å². The molecule has 0 spiro atoms. The molecule has 1 N–H and O–H groups in total. The summed E-state index contributed by atoms with van der Waals surface area (Å²) in [7, 11) is -3.40. The third kappa shape index (κ3) is 6.56. The average Bonchev–Trinajstić information content (AvgIpc) is 2.74. The van der Waals surface area contributed by atoms with E-state index in [-0.39, 0.29) is 23.6 Å². The molecule has 30 heavy (non-hydrogen) atoms. The maximum Gasteiger partial charge on any atom is 0.223 e. The van der Waals surface area contributed by atoms with Crippen molar-refractivity contribution < 1.29 is 13.2 Å². The fraction of sp³-hybridized carbons (Fsp3) is 0.435. The third-order valence-corrected chi connectivity index (χ3v) is 7.68. The number of aryl methyl sites for hydroxylation is 1. The van der Waals surface area contributed by atoms with Gasteiger partial charge in [-0.1, -0.05) is 54.1 Å². The molecule has 0 aromatic heterocycles. The van der Waals surface area contributed by atoms with Gasteiger partial charge in [-0.05, 0) is 55.9 Å². The molecule has 1 atom stereocenters. The standard InChI is InChI=1S/C23H29ClN2O3S/c1-18(7-8-19-5-3-2-4-6-19)25-23(27)21-13-15-26(16-14-21)30(28,29)17-20-9-11-22(24)12-10-20/h2-6,9-12,18,21H,7-8,13-17H2,1H3,(H,25,27)/t18-/m0/s1. The Morgan fingerprint density at radius 2 is 1.70 bits per heavy atom. The van der Waals surface area contributed by atoms with Gasteiger partial charge in [0.15, 0.2) is 0 Å². The summed E-state index contributed by atoms with van der Waals surface area (Å²) in [5.41, 5.74) is 1.98. The minimum absolute atomic E-state index is 0.0327. The minimum atomic E-state index is -3.40. The van der Waals surface area contributed by atoms with Gasteiger partial charge in [0.05, 0.1) is 5.75 Å². The molecule has 0 bridgehead atoms. The SMILES string of the molecule is C[C@@H](CCc1ccccc1)NC(=O)C1CCN(S(=O)(=O)Cc2ccc(Cl)cc2)CC1. The van der Waals surface area contributed by atoms with Gasteiger partial charge in [-0.3, -0.25) is 4.79 Å². The van der Waals surface area contributed by atoms with E-state index in [0.717, 1.165) is 12.8 Å². The highest BCUT2D eigenvalue weighted by Crippen LogP contribution is 2.22. The molecule has 1 saturated heterocycles. The maximum atomic E-state index is 12.7. The Morgan fingerprint density at radius 1 is 1.07 bits per heavy atom. The average molecular weight is 449 g/mol. The Bertz CT molecular complexity index is 925. The number of hydrogen-bond acceptors (Lipinski definition) is 3. The molecule has 1 heterocycles. The van der Waals surface area contributed by atoms with Crippen molar-refractivity contribution >= 4 is 27.5 Å². The molecule has 5 nitrogen and oxygen atoms in total. The van der Waals surface area contributed by atoms with Gasteiger partial charge in [0, 0.05) is 30.1 Å². The molecule has 0 aliphatic carbocycles. The highest BCUT2D eigenvalue weighted by Gasteiger charge is 2.31. The molecule has 7 heteroatoms. The number of benzene rings is 2. The molecule has 1 aliphatic heterocycles. The van der Waals surface area contributed by atoms with Gasteiger partial charge in [-0.25, -0.2) is 12.7 Å². The van der Waals surface area contributed by atoms with E-state index in [1.54, 1.807) is 24.3 Å². The number of carbonyl (C=O) groups excluding carboxylic acids is 1. The summed E-state index contributed by atoms with van der Waals surface area (Å²) in [6.45, 7) is 2.78. The third-order valence-electron chi connectivity index (χ3n) is 5.58. The predicted molar refractivity (Wildman–Crippen MR) is 121 cm³/mol. The van der Waals surface area contributed by atoms with Crippen LogP contribution in [-0.2, 0) is 27.0 Å². The molecule has 162 valence electrons. The molecule has 0 radical (unpaired) electrons. The van der Waals surface area contributed by atoms with Crippen LogP contribution in [0.2, 0.25) is 5.02 Å². The highest BCUT2D eigenvalue weighted by atomic mass is 35.5. The number of nitrogens with one attached hydrogen (secondary N) is 1. The van der Waals surface area contributed by atoms with Crippen LogP contribution in [0.1, 0.15) is 37.3 Å². The quantitative estimate of drug-likeness (QED) is 0.663. The molecule has 3 rings (SSSR count). The van der Waals surface area contributed by atoms with Crippen LogP contribution in [0.3, 0.4) is 0 Å². The van der Waals surface area contributed by atoms with Crippen molar-refractivity contribution in [3.63, 3.8) is 0 Å². The van der Waals surface area contributed by atoms with E-state index < -0.39 is 10.0 Å². The first kappa shape index (κ1) is 22.8. The summed E-state index contributed by atoms with van der Waals surface area (Å²) >= 11 is 5.87.